The number of pyridine rings is 1. The van der Waals surface area contributed by atoms with Gasteiger partial charge in [0.1, 0.15) is 24.1 Å². The Morgan fingerprint density at radius 2 is 2.10 bits per heavy atom. The molecular formula is C12H12F2N2O4. The Morgan fingerprint density at radius 3 is 2.85 bits per heavy atom. The van der Waals surface area contributed by atoms with Gasteiger partial charge in [0, 0.05) is 6.07 Å². The van der Waals surface area contributed by atoms with E-state index in [1.54, 1.807) is 0 Å². The molecule has 8 heteroatoms. The molecule has 1 amide bonds. The van der Waals surface area contributed by atoms with Gasteiger partial charge in [-0.05, 0) is 0 Å². The number of carbonyl (C=O) groups is 1. The van der Waals surface area contributed by atoms with Crippen molar-refractivity contribution >= 4 is 5.91 Å². The standard InChI is InChI=1S/C12H12F2N2O4/c13-5-1-6(14)9(15-2-5)12(18)16-7-3-19-11-8(17)4-20-10(7)11/h1-2,7-8,10-11,17H,3-4H2,(H,16,18)/t7-,8-,10-,11-/m1/s1. The molecular weight excluding hydrogens is 274 g/mol. The van der Waals surface area contributed by atoms with Gasteiger partial charge in [-0.15, -0.1) is 0 Å². The number of nitrogens with zero attached hydrogens (tertiary/aromatic N) is 1. The molecule has 0 spiro atoms. The highest BCUT2D eigenvalue weighted by Gasteiger charge is 2.47. The number of nitrogens with one attached hydrogen (secondary N) is 1. The molecule has 6 nitrogen and oxygen atoms in total. The zero-order chi connectivity index (χ0) is 14.3. The molecule has 20 heavy (non-hydrogen) atoms. The van der Waals surface area contributed by atoms with Crippen LogP contribution in [0.1, 0.15) is 10.5 Å². The molecule has 2 saturated heterocycles. The Bertz CT molecular complexity index is 542. The number of fused-ring (bicyclic) bond motifs is 1. The monoisotopic (exact) mass is 286 g/mol. The number of aromatic nitrogens is 1. The van der Waals surface area contributed by atoms with E-state index >= 15 is 0 Å². The summed E-state index contributed by atoms with van der Waals surface area (Å²) in [6.07, 6.45) is -0.937. The second-order valence-electron chi connectivity index (χ2n) is 4.73. The van der Waals surface area contributed by atoms with Crippen LogP contribution >= 0.6 is 0 Å². The molecule has 2 aliphatic rings. The number of ether oxygens (including phenoxy) is 2. The summed E-state index contributed by atoms with van der Waals surface area (Å²) in [6.45, 7) is 0.284. The van der Waals surface area contributed by atoms with Crippen molar-refractivity contribution in [3.8, 4) is 0 Å². The first kappa shape index (κ1) is 13.3. The topological polar surface area (TPSA) is 80.7 Å². The van der Waals surface area contributed by atoms with Crippen LogP contribution in [0.25, 0.3) is 0 Å². The van der Waals surface area contributed by atoms with Crippen molar-refractivity contribution < 1.29 is 28.2 Å². The summed E-state index contributed by atoms with van der Waals surface area (Å²) in [5.41, 5.74) is -0.492. The SMILES string of the molecule is O=C(N[C@@H]1CO[C@H]2[C@@H]1OC[C@H]2O)c1ncc(F)cc1F. The molecule has 4 atom stereocenters. The van der Waals surface area contributed by atoms with Gasteiger partial charge in [-0.1, -0.05) is 0 Å². The Labute approximate surface area is 112 Å². The van der Waals surface area contributed by atoms with E-state index in [-0.39, 0.29) is 13.2 Å². The summed E-state index contributed by atoms with van der Waals surface area (Å²) in [5, 5.41) is 12.1. The lowest BCUT2D eigenvalue weighted by Gasteiger charge is -2.17. The van der Waals surface area contributed by atoms with Gasteiger partial charge in [0.05, 0.1) is 25.5 Å². The molecule has 0 aromatic carbocycles. The van der Waals surface area contributed by atoms with Crippen LogP contribution in [0.3, 0.4) is 0 Å². The van der Waals surface area contributed by atoms with E-state index in [1.165, 1.54) is 0 Å². The molecule has 3 heterocycles. The van der Waals surface area contributed by atoms with E-state index in [0.29, 0.717) is 6.07 Å². The molecule has 0 aliphatic carbocycles. The third-order valence-electron chi connectivity index (χ3n) is 3.37. The van der Waals surface area contributed by atoms with E-state index < -0.39 is 47.6 Å². The second kappa shape index (κ2) is 5.04. The van der Waals surface area contributed by atoms with Gasteiger partial charge >= 0.3 is 0 Å². The van der Waals surface area contributed by atoms with Gasteiger partial charge in [0.2, 0.25) is 0 Å². The summed E-state index contributed by atoms with van der Waals surface area (Å²) in [5.74, 6) is -2.67. The minimum Gasteiger partial charge on any atom is -0.388 e. The lowest BCUT2D eigenvalue weighted by molar-refractivity contribution is 0.0178. The van der Waals surface area contributed by atoms with Crippen LogP contribution in [0, 0.1) is 11.6 Å². The Morgan fingerprint density at radius 1 is 1.35 bits per heavy atom. The minimum atomic E-state index is -1.04. The summed E-state index contributed by atoms with van der Waals surface area (Å²) in [4.78, 5) is 15.3. The Kier molecular flexibility index (Phi) is 3.36. The van der Waals surface area contributed by atoms with E-state index in [4.69, 9.17) is 9.47 Å². The van der Waals surface area contributed by atoms with Crippen molar-refractivity contribution in [1.29, 1.82) is 0 Å². The minimum absolute atomic E-state index is 0.130. The highest BCUT2D eigenvalue weighted by Crippen LogP contribution is 2.27. The van der Waals surface area contributed by atoms with Gasteiger partial charge in [-0.2, -0.15) is 0 Å². The third kappa shape index (κ3) is 2.26. The first-order valence-electron chi connectivity index (χ1n) is 6.09. The van der Waals surface area contributed by atoms with E-state index in [0.717, 1.165) is 6.20 Å². The van der Waals surface area contributed by atoms with Gasteiger partial charge in [-0.25, -0.2) is 13.8 Å². The quantitative estimate of drug-likeness (QED) is 0.774. The van der Waals surface area contributed by atoms with Crippen LogP contribution < -0.4 is 5.32 Å². The number of hydrogen-bond acceptors (Lipinski definition) is 5. The molecule has 1 aromatic heterocycles. The second-order valence-corrected chi connectivity index (χ2v) is 4.73. The van der Waals surface area contributed by atoms with Crippen LogP contribution in [0.5, 0.6) is 0 Å². The van der Waals surface area contributed by atoms with Crippen LogP contribution in [0.2, 0.25) is 0 Å². The van der Waals surface area contributed by atoms with Crippen molar-refractivity contribution in [2.45, 2.75) is 24.4 Å². The lowest BCUT2D eigenvalue weighted by atomic mass is 10.1. The van der Waals surface area contributed by atoms with Crippen molar-refractivity contribution in [2.75, 3.05) is 13.2 Å². The number of carbonyl (C=O) groups excluding carboxylic acids is 1. The smallest absolute Gasteiger partial charge is 0.273 e. The summed E-state index contributed by atoms with van der Waals surface area (Å²) in [7, 11) is 0. The molecule has 0 bridgehead atoms. The number of aliphatic hydroxyl groups is 1. The molecule has 0 saturated carbocycles. The normalized spacial score (nSPS) is 32.1. The zero-order valence-electron chi connectivity index (χ0n) is 10.3. The molecule has 108 valence electrons. The maximum absolute atomic E-state index is 13.4. The van der Waals surface area contributed by atoms with Crippen molar-refractivity contribution in [3.63, 3.8) is 0 Å². The number of halogens is 2. The van der Waals surface area contributed by atoms with Gasteiger partial charge in [-0.3, -0.25) is 4.79 Å². The van der Waals surface area contributed by atoms with Crippen molar-refractivity contribution in [2.24, 2.45) is 0 Å². The average Bonchev–Trinajstić information content (AvgIpc) is 2.94. The number of rotatable bonds is 2. The Hall–Kier alpha value is -1.64. The Balaban J connectivity index is 1.70. The predicted octanol–water partition coefficient (Wildman–Crippen LogP) is -0.383. The maximum atomic E-state index is 13.4. The van der Waals surface area contributed by atoms with Gasteiger partial charge < -0.3 is 19.9 Å². The number of aliphatic hydroxyl groups excluding tert-OH is 1. The molecule has 0 unspecified atom stereocenters. The lowest BCUT2D eigenvalue weighted by Crippen LogP contribution is -2.44. The van der Waals surface area contributed by atoms with Crippen LogP contribution in [-0.4, -0.2) is 53.6 Å². The molecule has 3 rings (SSSR count). The fourth-order valence-corrected chi connectivity index (χ4v) is 2.42. The van der Waals surface area contributed by atoms with E-state index in [2.05, 4.69) is 10.3 Å². The predicted molar refractivity (Wildman–Crippen MR) is 60.9 cm³/mol. The molecule has 0 radical (unpaired) electrons. The first-order valence-corrected chi connectivity index (χ1v) is 6.09. The van der Waals surface area contributed by atoms with Gasteiger partial charge in [0.25, 0.3) is 5.91 Å². The summed E-state index contributed by atoms with van der Waals surface area (Å²) < 4.78 is 36.8. The van der Waals surface area contributed by atoms with Crippen molar-refractivity contribution in [3.05, 3.63) is 29.6 Å². The number of hydrogen-bond donors (Lipinski definition) is 2. The zero-order valence-corrected chi connectivity index (χ0v) is 10.3. The van der Waals surface area contributed by atoms with Crippen LogP contribution in [0.4, 0.5) is 8.78 Å². The summed E-state index contributed by atoms with van der Waals surface area (Å²) >= 11 is 0. The fraction of sp³-hybridized carbons (Fsp3) is 0.500. The van der Waals surface area contributed by atoms with Crippen LogP contribution in [-0.2, 0) is 9.47 Å². The third-order valence-corrected chi connectivity index (χ3v) is 3.37. The fourth-order valence-electron chi connectivity index (χ4n) is 2.42. The average molecular weight is 286 g/mol. The first-order chi connectivity index (χ1) is 9.56. The molecule has 2 fully saturated rings. The van der Waals surface area contributed by atoms with E-state index in [1.807, 2.05) is 0 Å². The molecule has 1 aromatic rings. The largest absolute Gasteiger partial charge is 0.388 e. The highest BCUT2D eigenvalue weighted by atomic mass is 19.1. The summed E-state index contributed by atoms with van der Waals surface area (Å²) in [6, 6.07) is 0.0852. The highest BCUT2D eigenvalue weighted by molar-refractivity contribution is 5.92. The molecule has 2 aliphatic heterocycles. The van der Waals surface area contributed by atoms with Crippen LogP contribution in [0.15, 0.2) is 12.3 Å². The van der Waals surface area contributed by atoms with Crippen molar-refractivity contribution in [1.82, 2.24) is 10.3 Å². The number of amides is 1. The molecule has 2 N–H and O–H groups in total. The van der Waals surface area contributed by atoms with Gasteiger partial charge in [0.15, 0.2) is 11.5 Å². The van der Waals surface area contributed by atoms with E-state index in [9.17, 15) is 18.7 Å². The maximum Gasteiger partial charge on any atom is 0.273 e.